The molecule has 0 saturated carbocycles. The van der Waals surface area contributed by atoms with Gasteiger partial charge in [0.2, 0.25) is 0 Å². The van der Waals surface area contributed by atoms with Crippen LogP contribution in [0.2, 0.25) is 0 Å². The average Bonchev–Trinajstić information content (AvgIpc) is 3.23. The molecule has 6 nitrogen and oxygen atoms in total. The lowest BCUT2D eigenvalue weighted by molar-refractivity contribution is -0.125. The highest BCUT2D eigenvalue weighted by atomic mass is 16.5. The minimum atomic E-state index is -0.614. The van der Waals surface area contributed by atoms with Crippen molar-refractivity contribution in [1.82, 2.24) is 15.5 Å². The van der Waals surface area contributed by atoms with Gasteiger partial charge < -0.3 is 10.1 Å². The van der Waals surface area contributed by atoms with Crippen molar-refractivity contribution in [3.63, 3.8) is 0 Å². The third-order valence-electron chi connectivity index (χ3n) is 4.32. The summed E-state index contributed by atoms with van der Waals surface area (Å²) in [5, 5.41) is 9.71. The number of esters is 1. The summed E-state index contributed by atoms with van der Waals surface area (Å²) in [5.74, 6) is -0.949. The highest BCUT2D eigenvalue weighted by Crippen LogP contribution is 2.19. The number of nitrogens with one attached hydrogen (secondary N) is 2. The number of amides is 1. The van der Waals surface area contributed by atoms with Crippen molar-refractivity contribution < 1.29 is 14.3 Å². The second-order valence-corrected chi connectivity index (χ2v) is 6.43. The highest BCUT2D eigenvalue weighted by molar-refractivity contribution is 5.90. The van der Waals surface area contributed by atoms with E-state index in [9.17, 15) is 9.59 Å². The third kappa shape index (κ3) is 5.07. The van der Waals surface area contributed by atoms with Crippen LogP contribution in [-0.2, 0) is 9.53 Å². The van der Waals surface area contributed by atoms with Crippen molar-refractivity contribution in [1.29, 1.82) is 0 Å². The van der Waals surface area contributed by atoms with E-state index in [1.807, 2.05) is 60.7 Å². The number of benzene rings is 2. The number of aromatic amines is 1. The molecule has 6 heteroatoms. The van der Waals surface area contributed by atoms with Gasteiger partial charge in [-0.1, -0.05) is 74.0 Å². The van der Waals surface area contributed by atoms with Gasteiger partial charge in [-0.25, -0.2) is 4.79 Å². The molecule has 0 bridgehead atoms. The maximum atomic E-state index is 12.2. The fourth-order valence-corrected chi connectivity index (χ4v) is 2.92. The molecule has 3 rings (SSSR count). The van der Waals surface area contributed by atoms with E-state index in [0.717, 1.165) is 24.0 Å². The predicted octanol–water partition coefficient (Wildman–Crippen LogP) is 3.89. The van der Waals surface area contributed by atoms with E-state index < -0.39 is 5.97 Å². The van der Waals surface area contributed by atoms with Crippen LogP contribution >= 0.6 is 0 Å². The Labute approximate surface area is 163 Å². The van der Waals surface area contributed by atoms with Crippen LogP contribution in [0.25, 0.3) is 11.3 Å². The number of aromatic nitrogens is 2. The molecule has 144 valence electrons. The first-order chi connectivity index (χ1) is 13.7. The Morgan fingerprint density at radius 3 is 2.43 bits per heavy atom. The van der Waals surface area contributed by atoms with Crippen molar-refractivity contribution in [2.24, 2.45) is 0 Å². The zero-order valence-electron chi connectivity index (χ0n) is 15.7. The quantitative estimate of drug-likeness (QED) is 0.583. The molecule has 1 atom stereocenters. The topological polar surface area (TPSA) is 84.1 Å². The minimum absolute atomic E-state index is 0.103. The summed E-state index contributed by atoms with van der Waals surface area (Å²) in [6.45, 7) is 1.72. The number of ether oxygens (including phenoxy) is 1. The smallest absolute Gasteiger partial charge is 0.356 e. The summed E-state index contributed by atoms with van der Waals surface area (Å²) in [4.78, 5) is 24.5. The lowest BCUT2D eigenvalue weighted by Crippen LogP contribution is -2.32. The highest BCUT2D eigenvalue weighted by Gasteiger charge is 2.17. The number of hydrogen-bond acceptors (Lipinski definition) is 4. The van der Waals surface area contributed by atoms with Gasteiger partial charge in [0, 0.05) is 5.56 Å². The average molecular weight is 377 g/mol. The van der Waals surface area contributed by atoms with Gasteiger partial charge in [-0.2, -0.15) is 5.10 Å². The zero-order valence-corrected chi connectivity index (χ0v) is 15.7. The molecule has 0 aliphatic carbocycles. The molecule has 2 N–H and O–H groups in total. The van der Waals surface area contributed by atoms with Crippen LogP contribution in [0.3, 0.4) is 0 Å². The van der Waals surface area contributed by atoms with E-state index in [-0.39, 0.29) is 24.2 Å². The zero-order chi connectivity index (χ0) is 19.8. The van der Waals surface area contributed by atoms with Crippen molar-refractivity contribution in [3.05, 3.63) is 78.0 Å². The van der Waals surface area contributed by atoms with Crippen LogP contribution in [0.1, 0.15) is 41.9 Å². The molecule has 0 unspecified atom stereocenters. The van der Waals surface area contributed by atoms with Gasteiger partial charge >= 0.3 is 5.97 Å². The molecule has 0 spiro atoms. The molecule has 3 aromatic rings. The Morgan fingerprint density at radius 1 is 1.07 bits per heavy atom. The Morgan fingerprint density at radius 2 is 1.75 bits per heavy atom. The Balaban J connectivity index is 1.55. The number of carbonyl (C=O) groups excluding carboxylic acids is 2. The first-order valence-corrected chi connectivity index (χ1v) is 9.29. The second-order valence-electron chi connectivity index (χ2n) is 6.43. The summed E-state index contributed by atoms with van der Waals surface area (Å²) < 4.78 is 5.13. The molecular formula is C22H23N3O3. The molecule has 2 aromatic carbocycles. The molecule has 1 amide bonds. The van der Waals surface area contributed by atoms with E-state index >= 15 is 0 Å². The van der Waals surface area contributed by atoms with E-state index in [1.54, 1.807) is 6.07 Å². The first kappa shape index (κ1) is 19.4. The number of carbonyl (C=O) groups is 2. The number of nitrogens with zero attached hydrogens (tertiary/aromatic N) is 1. The van der Waals surface area contributed by atoms with Gasteiger partial charge in [0.05, 0.1) is 11.7 Å². The monoisotopic (exact) mass is 377 g/mol. The standard InChI is InChI=1S/C22H23N3O3/c1-2-9-18(16-10-5-3-6-11-16)23-21(26)15-28-22(27)20-14-19(24-25-20)17-12-7-4-8-13-17/h3-8,10-14,18H,2,9,15H2,1H3,(H,23,26)(H,24,25)/t18-/m0/s1. The summed E-state index contributed by atoms with van der Waals surface area (Å²) >= 11 is 0. The van der Waals surface area contributed by atoms with Crippen molar-refractivity contribution in [3.8, 4) is 11.3 Å². The van der Waals surface area contributed by atoms with Crippen LogP contribution in [0.15, 0.2) is 66.7 Å². The minimum Gasteiger partial charge on any atom is -0.451 e. The van der Waals surface area contributed by atoms with Crippen molar-refractivity contribution in [2.75, 3.05) is 6.61 Å². The van der Waals surface area contributed by atoms with E-state index in [4.69, 9.17) is 4.74 Å². The SMILES string of the molecule is CCC[C@H](NC(=O)COC(=O)c1cc(-c2ccccc2)n[nH]1)c1ccccc1. The van der Waals surface area contributed by atoms with Gasteiger partial charge in [0.15, 0.2) is 6.61 Å². The predicted molar refractivity (Wildman–Crippen MR) is 107 cm³/mol. The fraction of sp³-hybridized carbons (Fsp3) is 0.227. The maximum Gasteiger partial charge on any atom is 0.356 e. The van der Waals surface area contributed by atoms with Gasteiger partial charge in [-0.15, -0.1) is 0 Å². The lowest BCUT2D eigenvalue weighted by Gasteiger charge is -2.18. The summed E-state index contributed by atoms with van der Waals surface area (Å²) in [7, 11) is 0. The van der Waals surface area contributed by atoms with Gasteiger partial charge in [-0.05, 0) is 18.1 Å². The molecule has 0 radical (unpaired) electrons. The van der Waals surface area contributed by atoms with E-state index in [1.165, 1.54) is 0 Å². The van der Waals surface area contributed by atoms with Crippen LogP contribution in [0.4, 0.5) is 0 Å². The molecule has 0 aliphatic heterocycles. The third-order valence-corrected chi connectivity index (χ3v) is 4.32. The number of hydrogen-bond donors (Lipinski definition) is 2. The molecular weight excluding hydrogens is 354 g/mol. The van der Waals surface area contributed by atoms with Crippen LogP contribution in [0, 0.1) is 0 Å². The summed E-state index contributed by atoms with van der Waals surface area (Å²) in [6, 6.07) is 20.8. The second kappa shape index (κ2) is 9.50. The Kier molecular flexibility index (Phi) is 6.57. The Bertz CT molecular complexity index is 907. The molecule has 1 aromatic heterocycles. The van der Waals surface area contributed by atoms with Gasteiger partial charge in [-0.3, -0.25) is 9.89 Å². The van der Waals surface area contributed by atoms with Crippen LogP contribution < -0.4 is 5.32 Å². The molecule has 0 saturated heterocycles. The van der Waals surface area contributed by atoms with Gasteiger partial charge in [0.25, 0.3) is 5.91 Å². The van der Waals surface area contributed by atoms with E-state index in [2.05, 4.69) is 22.4 Å². The molecule has 0 fully saturated rings. The molecule has 0 aliphatic rings. The van der Waals surface area contributed by atoms with Crippen molar-refractivity contribution >= 4 is 11.9 Å². The summed E-state index contributed by atoms with van der Waals surface area (Å²) in [5.41, 5.74) is 2.77. The van der Waals surface area contributed by atoms with Crippen LogP contribution in [0.5, 0.6) is 0 Å². The van der Waals surface area contributed by atoms with Gasteiger partial charge in [0.1, 0.15) is 5.69 Å². The number of H-pyrrole nitrogens is 1. The maximum absolute atomic E-state index is 12.2. The van der Waals surface area contributed by atoms with Crippen molar-refractivity contribution in [2.45, 2.75) is 25.8 Å². The van der Waals surface area contributed by atoms with E-state index in [0.29, 0.717) is 5.69 Å². The normalized spacial score (nSPS) is 11.6. The fourth-order valence-electron chi connectivity index (χ4n) is 2.92. The van der Waals surface area contributed by atoms with Crippen LogP contribution in [-0.4, -0.2) is 28.7 Å². The number of rotatable bonds is 8. The lowest BCUT2D eigenvalue weighted by atomic mass is 10.0. The molecule has 28 heavy (non-hydrogen) atoms. The first-order valence-electron chi connectivity index (χ1n) is 9.29. The Hall–Kier alpha value is -3.41. The summed E-state index contributed by atoms with van der Waals surface area (Å²) in [6.07, 6.45) is 1.74. The molecule has 1 heterocycles. The largest absolute Gasteiger partial charge is 0.451 e.